The van der Waals surface area contributed by atoms with E-state index in [1.54, 1.807) is 0 Å². The predicted octanol–water partition coefficient (Wildman–Crippen LogP) is 3.10. The summed E-state index contributed by atoms with van der Waals surface area (Å²) in [4.78, 5) is 12.1. The first-order chi connectivity index (χ1) is 7.72. The maximum Gasteiger partial charge on any atom is 0.223 e. The third kappa shape index (κ3) is 2.61. The van der Waals surface area contributed by atoms with Crippen LogP contribution in [0.25, 0.3) is 0 Å². The highest BCUT2D eigenvalue weighted by atomic mass is 79.9. The Labute approximate surface area is 107 Å². The van der Waals surface area contributed by atoms with Crippen molar-refractivity contribution in [2.45, 2.75) is 51.5 Å². The van der Waals surface area contributed by atoms with Crippen LogP contribution in [0.2, 0.25) is 0 Å². The molecule has 2 rings (SSSR count). The molecule has 4 atom stereocenters. The van der Waals surface area contributed by atoms with Gasteiger partial charge in [0.1, 0.15) is 0 Å². The second-order valence-electron chi connectivity index (χ2n) is 5.48. The smallest absolute Gasteiger partial charge is 0.223 e. The van der Waals surface area contributed by atoms with Crippen molar-refractivity contribution in [3.8, 4) is 0 Å². The van der Waals surface area contributed by atoms with Gasteiger partial charge in [-0.25, -0.2) is 0 Å². The van der Waals surface area contributed by atoms with Gasteiger partial charge in [0, 0.05) is 17.3 Å². The van der Waals surface area contributed by atoms with Gasteiger partial charge in [-0.15, -0.1) is 0 Å². The lowest BCUT2D eigenvalue weighted by Crippen LogP contribution is -2.41. The van der Waals surface area contributed by atoms with Crippen molar-refractivity contribution >= 4 is 21.8 Å². The number of carbonyl (C=O) groups is 1. The number of alkyl halides is 1. The summed E-state index contributed by atoms with van der Waals surface area (Å²) in [6.45, 7) is 2.22. The van der Waals surface area contributed by atoms with Gasteiger partial charge in [0.2, 0.25) is 5.91 Å². The van der Waals surface area contributed by atoms with E-state index >= 15 is 0 Å². The summed E-state index contributed by atoms with van der Waals surface area (Å²) in [5.74, 6) is 1.85. The van der Waals surface area contributed by atoms with Crippen LogP contribution in [-0.4, -0.2) is 17.3 Å². The highest BCUT2D eigenvalue weighted by Gasteiger charge is 2.33. The van der Waals surface area contributed by atoms with Crippen LogP contribution in [-0.2, 0) is 4.79 Å². The fraction of sp³-hybridized carbons (Fsp3) is 0.923. The molecule has 2 saturated carbocycles. The summed E-state index contributed by atoms with van der Waals surface area (Å²) in [6, 6.07) is 0.430. The molecule has 0 bridgehead atoms. The summed E-state index contributed by atoms with van der Waals surface area (Å²) in [7, 11) is 0. The molecule has 2 nitrogen and oxygen atoms in total. The molecule has 2 aliphatic rings. The van der Waals surface area contributed by atoms with Crippen molar-refractivity contribution in [2.24, 2.45) is 17.8 Å². The van der Waals surface area contributed by atoms with Crippen molar-refractivity contribution in [1.29, 1.82) is 0 Å². The minimum absolute atomic E-state index is 0.288. The molecule has 0 radical (unpaired) electrons. The minimum atomic E-state index is 0.288. The van der Waals surface area contributed by atoms with Crippen molar-refractivity contribution in [2.75, 3.05) is 5.33 Å². The summed E-state index contributed by atoms with van der Waals surface area (Å²) >= 11 is 3.55. The van der Waals surface area contributed by atoms with Crippen LogP contribution in [0.4, 0.5) is 0 Å². The molecule has 92 valence electrons. The molecular formula is C13H22BrNO. The Hall–Kier alpha value is -0.0500. The van der Waals surface area contributed by atoms with Gasteiger partial charge in [-0.05, 0) is 37.5 Å². The van der Waals surface area contributed by atoms with Crippen LogP contribution >= 0.6 is 15.9 Å². The van der Waals surface area contributed by atoms with Crippen molar-refractivity contribution in [3.63, 3.8) is 0 Å². The lowest BCUT2D eigenvalue weighted by molar-refractivity contribution is -0.126. The van der Waals surface area contributed by atoms with Crippen LogP contribution < -0.4 is 5.32 Å². The Morgan fingerprint density at radius 2 is 2.00 bits per heavy atom. The molecule has 0 spiro atoms. The molecule has 0 saturated heterocycles. The topological polar surface area (TPSA) is 29.1 Å². The molecule has 0 aromatic carbocycles. The van der Waals surface area contributed by atoms with Gasteiger partial charge in [0.25, 0.3) is 0 Å². The second-order valence-corrected chi connectivity index (χ2v) is 6.12. The van der Waals surface area contributed by atoms with Crippen LogP contribution in [0.3, 0.4) is 0 Å². The Bertz CT molecular complexity index is 256. The van der Waals surface area contributed by atoms with Gasteiger partial charge in [0.05, 0.1) is 0 Å². The van der Waals surface area contributed by atoms with E-state index < -0.39 is 0 Å². The third-order valence-corrected chi connectivity index (χ3v) is 5.21. The zero-order valence-electron chi connectivity index (χ0n) is 10.0. The van der Waals surface area contributed by atoms with Crippen molar-refractivity contribution in [3.05, 3.63) is 0 Å². The first-order valence-electron chi connectivity index (χ1n) is 6.58. The summed E-state index contributed by atoms with van der Waals surface area (Å²) < 4.78 is 0. The maximum absolute atomic E-state index is 12.1. The number of halogens is 1. The predicted molar refractivity (Wildman–Crippen MR) is 69.6 cm³/mol. The lowest BCUT2D eigenvalue weighted by atomic mass is 9.96. The molecule has 0 heterocycles. The minimum Gasteiger partial charge on any atom is -0.353 e. The molecule has 1 N–H and O–H groups in total. The van der Waals surface area contributed by atoms with E-state index in [9.17, 15) is 4.79 Å². The fourth-order valence-corrected chi connectivity index (χ4v) is 4.01. The average molecular weight is 288 g/mol. The van der Waals surface area contributed by atoms with Crippen LogP contribution in [0.15, 0.2) is 0 Å². The standard InChI is InChI=1S/C13H22BrNO/c1-9-4-2-6-11(9)13(16)15-12-7-3-5-10(12)8-14/h9-12H,2-8H2,1H3,(H,15,16). The third-order valence-electron chi connectivity index (χ3n) is 4.38. The highest BCUT2D eigenvalue weighted by molar-refractivity contribution is 9.09. The van der Waals surface area contributed by atoms with E-state index in [2.05, 4.69) is 28.2 Å². The number of hydrogen-bond acceptors (Lipinski definition) is 1. The first kappa shape index (κ1) is 12.4. The van der Waals surface area contributed by atoms with Crippen LogP contribution in [0.1, 0.15) is 45.4 Å². The molecule has 0 aromatic rings. The van der Waals surface area contributed by atoms with E-state index in [0.717, 1.165) is 11.8 Å². The van der Waals surface area contributed by atoms with Crippen LogP contribution in [0.5, 0.6) is 0 Å². The highest BCUT2D eigenvalue weighted by Crippen LogP contribution is 2.33. The van der Waals surface area contributed by atoms with Gasteiger partial charge in [-0.3, -0.25) is 4.79 Å². The fourth-order valence-electron chi connectivity index (χ4n) is 3.24. The molecule has 1 amide bonds. The number of amides is 1. The van der Waals surface area contributed by atoms with Crippen LogP contribution in [0, 0.1) is 17.8 Å². The molecule has 2 aliphatic carbocycles. The molecule has 0 aliphatic heterocycles. The van der Waals surface area contributed by atoms with Crippen molar-refractivity contribution < 1.29 is 4.79 Å². The SMILES string of the molecule is CC1CCCC1C(=O)NC1CCCC1CBr. The van der Waals surface area contributed by atoms with E-state index in [1.807, 2.05) is 0 Å². The Morgan fingerprint density at radius 3 is 2.62 bits per heavy atom. The van der Waals surface area contributed by atoms with E-state index in [-0.39, 0.29) is 5.92 Å². The zero-order valence-corrected chi connectivity index (χ0v) is 11.6. The van der Waals surface area contributed by atoms with E-state index in [1.165, 1.54) is 32.1 Å². The van der Waals surface area contributed by atoms with Gasteiger partial charge >= 0.3 is 0 Å². The molecular weight excluding hydrogens is 266 g/mol. The number of carbonyl (C=O) groups excluding carboxylic acids is 1. The number of nitrogens with one attached hydrogen (secondary N) is 1. The van der Waals surface area contributed by atoms with Gasteiger partial charge in [0.15, 0.2) is 0 Å². The Kier molecular flexibility index (Phi) is 4.28. The summed E-state index contributed by atoms with van der Waals surface area (Å²) in [5.41, 5.74) is 0. The first-order valence-corrected chi connectivity index (χ1v) is 7.71. The Balaban J connectivity index is 1.86. The zero-order chi connectivity index (χ0) is 11.5. The molecule has 0 aromatic heterocycles. The van der Waals surface area contributed by atoms with Gasteiger partial charge < -0.3 is 5.32 Å². The van der Waals surface area contributed by atoms with Gasteiger partial charge in [-0.2, -0.15) is 0 Å². The average Bonchev–Trinajstić information content (AvgIpc) is 2.86. The quantitative estimate of drug-likeness (QED) is 0.794. The number of hydrogen-bond donors (Lipinski definition) is 1. The second kappa shape index (κ2) is 5.52. The lowest BCUT2D eigenvalue weighted by Gasteiger charge is -2.22. The van der Waals surface area contributed by atoms with E-state index in [4.69, 9.17) is 0 Å². The largest absolute Gasteiger partial charge is 0.353 e. The molecule has 16 heavy (non-hydrogen) atoms. The van der Waals surface area contributed by atoms with Gasteiger partial charge in [-0.1, -0.05) is 35.7 Å². The summed E-state index contributed by atoms with van der Waals surface area (Å²) in [5, 5.41) is 4.31. The normalized spacial score (nSPS) is 38.9. The molecule has 2 fully saturated rings. The maximum atomic E-state index is 12.1. The monoisotopic (exact) mass is 287 g/mol. The van der Waals surface area contributed by atoms with Crippen molar-refractivity contribution in [1.82, 2.24) is 5.32 Å². The summed E-state index contributed by atoms with van der Waals surface area (Å²) in [6.07, 6.45) is 7.25. The number of rotatable bonds is 3. The van der Waals surface area contributed by atoms with E-state index in [0.29, 0.717) is 23.8 Å². The molecule has 3 heteroatoms. The Morgan fingerprint density at radius 1 is 1.25 bits per heavy atom. The molecule has 4 unspecified atom stereocenters.